The fourth-order valence-electron chi connectivity index (χ4n) is 3.27. The van der Waals surface area contributed by atoms with Gasteiger partial charge in [-0.15, -0.1) is 0 Å². The summed E-state index contributed by atoms with van der Waals surface area (Å²) in [6.45, 7) is 4.00. The van der Waals surface area contributed by atoms with Crippen molar-refractivity contribution in [3.8, 4) is 0 Å². The molecule has 2 aliphatic rings. The highest BCUT2D eigenvalue weighted by Gasteiger charge is 2.49. The predicted molar refractivity (Wildman–Crippen MR) is 96.3 cm³/mol. The van der Waals surface area contributed by atoms with Crippen LogP contribution in [-0.2, 0) is 9.53 Å². The molecule has 0 radical (unpaired) electrons. The molecule has 0 aromatic heterocycles. The van der Waals surface area contributed by atoms with Gasteiger partial charge in [0.2, 0.25) is 0 Å². The number of carbonyl (C=O) groups is 2. The number of ether oxygens (including phenoxy) is 1. The molecule has 2 rings (SSSR count). The van der Waals surface area contributed by atoms with E-state index in [4.69, 9.17) is 4.74 Å². The Morgan fingerprint density at radius 2 is 1.88 bits per heavy atom. The van der Waals surface area contributed by atoms with Crippen molar-refractivity contribution >= 4 is 17.9 Å². The van der Waals surface area contributed by atoms with Gasteiger partial charge in [0.25, 0.3) is 5.91 Å². The first-order valence-corrected chi connectivity index (χ1v) is 9.24. The Labute approximate surface area is 150 Å². The summed E-state index contributed by atoms with van der Waals surface area (Å²) in [6.07, 6.45) is 6.74. The minimum atomic E-state index is -0.431. The van der Waals surface area contributed by atoms with E-state index in [0.717, 1.165) is 19.4 Å². The minimum absolute atomic E-state index is 0.261. The third-order valence-electron chi connectivity index (χ3n) is 4.73. The number of imide groups is 1. The first-order valence-electron chi connectivity index (χ1n) is 9.24. The molecule has 0 aromatic rings. The number of methoxy groups -OCH3 is 1. The molecule has 8 nitrogen and oxygen atoms in total. The number of nitrogens with one attached hydrogen (secondary N) is 2. The molecule has 0 aromatic carbocycles. The summed E-state index contributed by atoms with van der Waals surface area (Å²) in [5, 5.41) is 5.66. The number of hydrogen-bond acceptors (Lipinski definition) is 4. The number of aliphatic imine (C=N–C) groups is 1. The molecule has 2 aliphatic heterocycles. The number of likely N-dealkylation sites (N-methyl/N-ethyl adjacent to an activating group) is 1. The van der Waals surface area contributed by atoms with Crippen molar-refractivity contribution in [2.24, 2.45) is 4.99 Å². The monoisotopic (exact) mass is 353 g/mol. The number of nitrogens with zero attached hydrogens (tertiary/aromatic N) is 3. The molecule has 2 unspecified atom stereocenters. The van der Waals surface area contributed by atoms with Crippen LogP contribution in [0.25, 0.3) is 0 Å². The largest absolute Gasteiger partial charge is 0.383 e. The van der Waals surface area contributed by atoms with Gasteiger partial charge in [-0.1, -0.05) is 39.0 Å². The van der Waals surface area contributed by atoms with E-state index in [2.05, 4.69) is 22.5 Å². The smallest absolute Gasteiger partial charge is 0.325 e. The second-order valence-corrected chi connectivity index (χ2v) is 6.60. The average molecular weight is 353 g/mol. The van der Waals surface area contributed by atoms with Gasteiger partial charge in [-0.05, 0) is 6.42 Å². The second kappa shape index (κ2) is 9.60. The Bertz CT molecular complexity index is 497. The lowest BCUT2D eigenvalue weighted by molar-refractivity contribution is -0.127. The minimum Gasteiger partial charge on any atom is -0.383 e. The average Bonchev–Trinajstić information content (AvgIpc) is 2.95. The fourth-order valence-corrected chi connectivity index (χ4v) is 3.27. The van der Waals surface area contributed by atoms with E-state index in [-0.39, 0.29) is 18.1 Å². The fraction of sp³-hybridized carbons (Fsp3) is 0.824. The molecule has 2 heterocycles. The molecule has 2 N–H and O–H groups in total. The lowest BCUT2D eigenvalue weighted by atomic mass is 10.1. The molecule has 142 valence electrons. The van der Waals surface area contributed by atoms with Crippen LogP contribution in [0.5, 0.6) is 0 Å². The van der Waals surface area contributed by atoms with Gasteiger partial charge in [-0.2, -0.15) is 0 Å². The molecule has 0 spiro atoms. The normalized spacial score (nSPS) is 24.5. The topological polar surface area (TPSA) is 86.3 Å². The summed E-state index contributed by atoms with van der Waals surface area (Å²) in [7, 11) is 3.32. The van der Waals surface area contributed by atoms with Gasteiger partial charge in [0, 0.05) is 20.7 Å². The van der Waals surface area contributed by atoms with Crippen LogP contribution in [0.4, 0.5) is 4.79 Å². The third kappa shape index (κ3) is 4.84. The summed E-state index contributed by atoms with van der Waals surface area (Å²) in [6, 6.07) is -0.809. The molecular weight excluding hydrogens is 322 g/mol. The lowest BCUT2D eigenvalue weighted by Gasteiger charge is -2.35. The van der Waals surface area contributed by atoms with Gasteiger partial charge in [-0.25, -0.2) is 4.79 Å². The molecule has 0 saturated carbocycles. The van der Waals surface area contributed by atoms with Crippen LogP contribution in [0.1, 0.15) is 45.4 Å². The highest BCUT2D eigenvalue weighted by atomic mass is 16.5. The molecule has 0 bridgehead atoms. The van der Waals surface area contributed by atoms with Crippen molar-refractivity contribution in [1.29, 1.82) is 0 Å². The Balaban J connectivity index is 2.01. The zero-order chi connectivity index (χ0) is 18.2. The maximum Gasteiger partial charge on any atom is 0.325 e. The number of fused-ring (bicyclic) bond motifs is 1. The van der Waals surface area contributed by atoms with Gasteiger partial charge in [-0.3, -0.25) is 15.1 Å². The summed E-state index contributed by atoms with van der Waals surface area (Å²) in [5.41, 5.74) is 0. The first-order chi connectivity index (χ1) is 12.1. The Morgan fingerprint density at radius 3 is 2.60 bits per heavy atom. The maximum absolute atomic E-state index is 12.4. The molecule has 2 atom stereocenters. The number of guanidine groups is 1. The molecule has 2 fully saturated rings. The third-order valence-corrected chi connectivity index (χ3v) is 4.73. The van der Waals surface area contributed by atoms with E-state index in [1.807, 2.05) is 4.90 Å². The first kappa shape index (κ1) is 19.5. The van der Waals surface area contributed by atoms with Crippen molar-refractivity contribution in [1.82, 2.24) is 20.4 Å². The highest BCUT2D eigenvalue weighted by molar-refractivity contribution is 6.04. The zero-order valence-corrected chi connectivity index (χ0v) is 15.6. The van der Waals surface area contributed by atoms with Gasteiger partial charge in [0.05, 0.1) is 13.2 Å². The molecule has 0 aliphatic carbocycles. The molecule has 25 heavy (non-hydrogen) atoms. The highest BCUT2D eigenvalue weighted by Crippen LogP contribution is 2.21. The number of unbranched alkanes of at least 4 members (excludes halogenated alkanes) is 5. The molecule has 8 heteroatoms. The van der Waals surface area contributed by atoms with E-state index < -0.39 is 6.04 Å². The second-order valence-electron chi connectivity index (χ2n) is 6.60. The number of carbonyl (C=O) groups excluding carboxylic acids is 2. The van der Waals surface area contributed by atoms with Crippen LogP contribution in [0.15, 0.2) is 4.99 Å². The summed E-state index contributed by atoms with van der Waals surface area (Å²) in [5.74, 6) is 0.417. The Kier molecular flexibility index (Phi) is 7.49. The Hall–Kier alpha value is -1.83. The predicted octanol–water partition coefficient (Wildman–Crippen LogP) is 1.13. The van der Waals surface area contributed by atoms with Gasteiger partial charge >= 0.3 is 6.03 Å². The van der Waals surface area contributed by atoms with Gasteiger partial charge in [0.15, 0.2) is 12.0 Å². The van der Waals surface area contributed by atoms with Crippen LogP contribution < -0.4 is 10.6 Å². The van der Waals surface area contributed by atoms with Crippen LogP contribution >= 0.6 is 0 Å². The van der Waals surface area contributed by atoms with Gasteiger partial charge in [0.1, 0.15) is 6.17 Å². The zero-order valence-electron chi connectivity index (χ0n) is 15.6. The van der Waals surface area contributed by atoms with E-state index >= 15 is 0 Å². The van der Waals surface area contributed by atoms with Crippen LogP contribution in [0, 0.1) is 0 Å². The standard InChI is InChI=1S/C17H31N5O3/c1-4-5-6-7-8-9-11-22-13-14(19-16(22)18-10-12-25-3)21(2)17(24)20-15(13)23/h13-14H,4-12H2,1-3H3,(H,18,19)(H,20,23,24). The van der Waals surface area contributed by atoms with Crippen molar-refractivity contribution in [2.45, 2.75) is 57.7 Å². The van der Waals surface area contributed by atoms with E-state index in [0.29, 0.717) is 19.1 Å². The quantitative estimate of drug-likeness (QED) is 0.575. The van der Waals surface area contributed by atoms with Gasteiger partial charge < -0.3 is 19.9 Å². The number of rotatable bonds is 10. The van der Waals surface area contributed by atoms with E-state index in [1.165, 1.54) is 30.6 Å². The van der Waals surface area contributed by atoms with Crippen LogP contribution in [0.2, 0.25) is 0 Å². The SMILES string of the molecule is CCCCCCCCN1C(=NCCOC)NC2C1C(=O)NC(=O)N2C. The summed E-state index contributed by atoms with van der Waals surface area (Å²) < 4.78 is 5.05. The van der Waals surface area contributed by atoms with E-state index in [9.17, 15) is 9.59 Å². The summed E-state index contributed by atoms with van der Waals surface area (Å²) in [4.78, 5) is 32.3. The molecule has 3 amide bonds. The number of amides is 3. The molecular formula is C17H31N5O3. The van der Waals surface area contributed by atoms with Crippen molar-refractivity contribution in [3.05, 3.63) is 0 Å². The number of urea groups is 1. The Morgan fingerprint density at radius 1 is 1.16 bits per heavy atom. The van der Waals surface area contributed by atoms with Crippen molar-refractivity contribution < 1.29 is 14.3 Å². The summed E-state index contributed by atoms with van der Waals surface area (Å²) >= 11 is 0. The van der Waals surface area contributed by atoms with E-state index in [1.54, 1.807) is 14.2 Å². The molecule has 2 saturated heterocycles. The maximum atomic E-state index is 12.4. The van der Waals surface area contributed by atoms with Crippen LogP contribution in [-0.4, -0.2) is 73.8 Å². The number of hydrogen-bond donors (Lipinski definition) is 2. The lowest BCUT2D eigenvalue weighted by Crippen LogP contribution is -2.64. The van der Waals surface area contributed by atoms with Crippen molar-refractivity contribution in [3.63, 3.8) is 0 Å². The van der Waals surface area contributed by atoms with Crippen molar-refractivity contribution in [2.75, 3.05) is 33.9 Å². The van der Waals surface area contributed by atoms with Crippen LogP contribution in [0.3, 0.4) is 0 Å².